The molecule has 108 valence electrons. The molecule has 0 radical (unpaired) electrons. The normalized spacial score (nSPS) is 12.5. The third-order valence-electron chi connectivity index (χ3n) is 2.46. The summed E-state index contributed by atoms with van der Waals surface area (Å²) >= 11 is 0. The molecule has 1 atom stereocenters. The van der Waals surface area contributed by atoms with Crippen molar-refractivity contribution in [2.45, 2.75) is 20.0 Å². The topological polar surface area (TPSA) is 50.7 Å². The van der Waals surface area contributed by atoms with Crippen LogP contribution in [0.15, 0.2) is 18.2 Å². The molecule has 0 aliphatic rings. The summed E-state index contributed by atoms with van der Waals surface area (Å²) in [6.45, 7) is 5.13. The highest BCUT2D eigenvalue weighted by atomic mass is 19.1. The number of aliphatic hydroxyl groups is 1. The van der Waals surface area contributed by atoms with Gasteiger partial charge in [-0.1, -0.05) is 13.8 Å². The number of anilines is 1. The summed E-state index contributed by atoms with van der Waals surface area (Å²) in [7, 11) is 1.52. The summed E-state index contributed by atoms with van der Waals surface area (Å²) in [5.74, 6) is 0.613. The Bertz CT molecular complexity index is 385. The maximum atomic E-state index is 13.5. The lowest BCUT2D eigenvalue weighted by Crippen LogP contribution is -2.26. The van der Waals surface area contributed by atoms with Crippen LogP contribution < -0.4 is 10.1 Å². The van der Waals surface area contributed by atoms with Gasteiger partial charge >= 0.3 is 0 Å². The van der Waals surface area contributed by atoms with Crippen LogP contribution in [0.1, 0.15) is 13.8 Å². The van der Waals surface area contributed by atoms with Crippen molar-refractivity contribution >= 4 is 5.69 Å². The second-order valence-electron chi connectivity index (χ2n) is 4.81. The van der Waals surface area contributed by atoms with E-state index in [1.165, 1.54) is 13.2 Å². The van der Waals surface area contributed by atoms with Gasteiger partial charge in [-0.05, 0) is 18.1 Å². The number of halogens is 1. The van der Waals surface area contributed by atoms with Crippen molar-refractivity contribution in [3.8, 4) is 5.75 Å². The monoisotopic (exact) mass is 271 g/mol. The molecule has 0 saturated heterocycles. The van der Waals surface area contributed by atoms with Crippen molar-refractivity contribution in [2.75, 3.05) is 32.2 Å². The molecule has 0 spiro atoms. The predicted octanol–water partition coefficient (Wildman–Crippen LogP) is 2.28. The summed E-state index contributed by atoms with van der Waals surface area (Å²) < 4.78 is 23.8. The minimum absolute atomic E-state index is 0.224. The van der Waals surface area contributed by atoms with Gasteiger partial charge in [-0.15, -0.1) is 0 Å². The zero-order chi connectivity index (χ0) is 14.3. The van der Waals surface area contributed by atoms with E-state index in [1.807, 2.05) is 13.8 Å². The van der Waals surface area contributed by atoms with Crippen LogP contribution in [0.3, 0.4) is 0 Å². The van der Waals surface area contributed by atoms with E-state index in [2.05, 4.69) is 5.32 Å². The summed E-state index contributed by atoms with van der Waals surface area (Å²) in [4.78, 5) is 0. The van der Waals surface area contributed by atoms with Crippen molar-refractivity contribution in [1.82, 2.24) is 0 Å². The van der Waals surface area contributed by atoms with E-state index in [1.54, 1.807) is 12.1 Å². The van der Waals surface area contributed by atoms with E-state index in [9.17, 15) is 9.50 Å². The molecule has 0 saturated carbocycles. The molecule has 0 heterocycles. The van der Waals surface area contributed by atoms with E-state index in [0.717, 1.165) is 0 Å². The molecule has 5 heteroatoms. The third kappa shape index (κ3) is 5.89. The van der Waals surface area contributed by atoms with Gasteiger partial charge in [-0.2, -0.15) is 0 Å². The number of methoxy groups -OCH3 is 1. The van der Waals surface area contributed by atoms with Gasteiger partial charge in [-0.25, -0.2) is 4.39 Å². The summed E-state index contributed by atoms with van der Waals surface area (Å²) in [6.07, 6.45) is -0.677. The van der Waals surface area contributed by atoms with Gasteiger partial charge in [0.2, 0.25) is 0 Å². The number of ether oxygens (including phenoxy) is 2. The number of aliphatic hydroxyl groups excluding tert-OH is 1. The molecule has 19 heavy (non-hydrogen) atoms. The van der Waals surface area contributed by atoms with Crippen LogP contribution in [0.5, 0.6) is 5.75 Å². The SMILES string of the molecule is COc1ccc(F)c(NCC(O)COCC(C)C)c1. The lowest BCUT2D eigenvalue weighted by molar-refractivity contribution is 0.0317. The van der Waals surface area contributed by atoms with Crippen LogP contribution in [0, 0.1) is 11.7 Å². The fourth-order valence-electron chi connectivity index (χ4n) is 1.49. The first kappa shape index (κ1) is 15.7. The van der Waals surface area contributed by atoms with Crippen molar-refractivity contribution in [2.24, 2.45) is 5.92 Å². The van der Waals surface area contributed by atoms with E-state index in [4.69, 9.17) is 9.47 Å². The highest BCUT2D eigenvalue weighted by Gasteiger charge is 2.08. The Balaban J connectivity index is 2.39. The Morgan fingerprint density at radius 1 is 1.32 bits per heavy atom. The van der Waals surface area contributed by atoms with Crippen LogP contribution in [0.2, 0.25) is 0 Å². The molecular weight excluding hydrogens is 249 g/mol. The maximum absolute atomic E-state index is 13.5. The second kappa shape index (κ2) is 7.96. The summed E-state index contributed by atoms with van der Waals surface area (Å²) in [6, 6.07) is 4.42. The van der Waals surface area contributed by atoms with E-state index in [0.29, 0.717) is 24.0 Å². The Kier molecular flexibility index (Phi) is 6.59. The zero-order valence-electron chi connectivity index (χ0n) is 11.6. The van der Waals surface area contributed by atoms with Crippen molar-refractivity contribution in [1.29, 1.82) is 0 Å². The number of hydrogen-bond donors (Lipinski definition) is 2. The standard InChI is InChI=1S/C14H22FNO3/c1-10(2)8-19-9-11(17)7-16-14-6-12(18-3)4-5-13(14)15/h4-6,10-11,16-17H,7-9H2,1-3H3. The van der Waals surface area contributed by atoms with E-state index >= 15 is 0 Å². The molecule has 1 aromatic carbocycles. The molecule has 0 aromatic heterocycles. The molecule has 1 unspecified atom stereocenters. The van der Waals surface area contributed by atoms with E-state index < -0.39 is 6.10 Å². The Morgan fingerprint density at radius 2 is 2.05 bits per heavy atom. The molecular formula is C14H22FNO3. The van der Waals surface area contributed by atoms with Gasteiger partial charge in [0.25, 0.3) is 0 Å². The fraction of sp³-hybridized carbons (Fsp3) is 0.571. The average Bonchev–Trinajstić information content (AvgIpc) is 2.37. The number of nitrogens with one attached hydrogen (secondary N) is 1. The number of hydrogen-bond acceptors (Lipinski definition) is 4. The van der Waals surface area contributed by atoms with Gasteiger partial charge in [0.1, 0.15) is 11.6 Å². The van der Waals surface area contributed by atoms with E-state index in [-0.39, 0.29) is 19.0 Å². The molecule has 0 amide bonds. The minimum atomic E-state index is -0.677. The number of benzene rings is 1. The molecule has 0 fully saturated rings. The highest BCUT2D eigenvalue weighted by molar-refractivity contribution is 5.49. The first-order valence-corrected chi connectivity index (χ1v) is 6.36. The van der Waals surface area contributed by atoms with Crippen LogP contribution in [0.25, 0.3) is 0 Å². The Labute approximate surface area is 113 Å². The maximum Gasteiger partial charge on any atom is 0.146 e. The molecule has 0 bridgehead atoms. The van der Waals surface area contributed by atoms with Crippen LogP contribution in [-0.4, -0.2) is 38.1 Å². The van der Waals surface area contributed by atoms with Gasteiger partial charge in [0, 0.05) is 19.2 Å². The summed E-state index contributed by atoms with van der Waals surface area (Å²) in [5, 5.41) is 12.5. The van der Waals surface area contributed by atoms with Gasteiger partial charge in [0.15, 0.2) is 0 Å². The predicted molar refractivity (Wildman–Crippen MR) is 73.1 cm³/mol. The van der Waals surface area contributed by atoms with Gasteiger partial charge in [-0.3, -0.25) is 0 Å². The molecule has 2 N–H and O–H groups in total. The second-order valence-corrected chi connectivity index (χ2v) is 4.81. The Morgan fingerprint density at radius 3 is 2.68 bits per heavy atom. The number of rotatable bonds is 8. The fourth-order valence-corrected chi connectivity index (χ4v) is 1.49. The zero-order valence-corrected chi connectivity index (χ0v) is 11.6. The van der Waals surface area contributed by atoms with Crippen LogP contribution in [-0.2, 0) is 4.74 Å². The first-order chi connectivity index (χ1) is 9.02. The summed E-state index contributed by atoms with van der Waals surface area (Å²) in [5.41, 5.74) is 0.308. The van der Waals surface area contributed by atoms with Gasteiger partial charge in [0.05, 0.1) is 25.5 Å². The molecule has 4 nitrogen and oxygen atoms in total. The van der Waals surface area contributed by atoms with Crippen molar-refractivity contribution in [3.05, 3.63) is 24.0 Å². The molecule has 1 aromatic rings. The quantitative estimate of drug-likeness (QED) is 0.761. The minimum Gasteiger partial charge on any atom is -0.497 e. The van der Waals surface area contributed by atoms with Crippen molar-refractivity contribution in [3.63, 3.8) is 0 Å². The molecule has 0 aliphatic heterocycles. The lowest BCUT2D eigenvalue weighted by atomic mass is 10.2. The van der Waals surface area contributed by atoms with Crippen LogP contribution >= 0.6 is 0 Å². The van der Waals surface area contributed by atoms with Crippen LogP contribution in [0.4, 0.5) is 10.1 Å². The van der Waals surface area contributed by atoms with Crippen molar-refractivity contribution < 1.29 is 19.0 Å². The highest BCUT2D eigenvalue weighted by Crippen LogP contribution is 2.20. The molecule has 1 rings (SSSR count). The average molecular weight is 271 g/mol. The third-order valence-corrected chi connectivity index (χ3v) is 2.46. The lowest BCUT2D eigenvalue weighted by Gasteiger charge is -2.15. The first-order valence-electron chi connectivity index (χ1n) is 6.36. The molecule has 0 aliphatic carbocycles. The van der Waals surface area contributed by atoms with Gasteiger partial charge < -0.3 is 19.9 Å². The Hall–Kier alpha value is -1.33. The smallest absolute Gasteiger partial charge is 0.146 e. The largest absolute Gasteiger partial charge is 0.497 e.